The number of sulfone groups is 1. The molecule has 1 fully saturated rings. The maximum atomic E-state index is 13.2. The molecule has 0 radical (unpaired) electrons. The number of nitrogens with two attached hydrogens (primary N) is 1. The predicted molar refractivity (Wildman–Crippen MR) is 129 cm³/mol. The number of pyridine rings is 1. The number of Topliss-reactive ketones (excluding diaryl/α,β-unsaturated/α-hetero) is 1. The Bertz CT molecular complexity index is 1320. The number of rotatable bonds is 7. The van der Waals surface area contributed by atoms with Crippen LogP contribution in [0.1, 0.15) is 52.5 Å². The number of benzene rings is 2. The molecule has 0 saturated heterocycles. The third kappa shape index (κ3) is 4.78. The van der Waals surface area contributed by atoms with Gasteiger partial charge < -0.3 is 10.5 Å². The zero-order valence-electron chi connectivity index (χ0n) is 19.3. The van der Waals surface area contributed by atoms with Crippen LogP contribution >= 0.6 is 0 Å². The monoisotopic (exact) mass is 464 g/mol. The van der Waals surface area contributed by atoms with E-state index in [4.69, 9.17) is 10.5 Å². The van der Waals surface area contributed by atoms with E-state index in [9.17, 15) is 13.2 Å². The van der Waals surface area contributed by atoms with Crippen LogP contribution in [0.15, 0.2) is 53.4 Å². The van der Waals surface area contributed by atoms with E-state index in [1.807, 2.05) is 32.9 Å². The number of nitrogens with zero attached hydrogens (tertiary/aromatic N) is 1. The first-order chi connectivity index (χ1) is 15.5. The summed E-state index contributed by atoms with van der Waals surface area (Å²) in [7, 11) is -3.85. The highest BCUT2D eigenvalue weighted by Crippen LogP contribution is 2.47. The third-order valence-corrected chi connectivity index (χ3v) is 7.78. The Morgan fingerprint density at radius 1 is 1.03 bits per heavy atom. The fourth-order valence-electron chi connectivity index (χ4n) is 3.94. The van der Waals surface area contributed by atoms with E-state index in [2.05, 4.69) is 11.9 Å². The summed E-state index contributed by atoms with van der Waals surface area (Å²) < 4.78 is 31.9. The molecule has 0 aliphatic heterocycles. The molecule has 1 saturated carbocycles. The Morgan fingerprint density at radius 2 is 1.64 bits per heavy atom. The van der Waals surface area contributed by atoms with Crippen LogP contribution < -0.4 is 10.5 Å². The van der Waals surface area contributed by atoms with E-state index in [-0.39, 0.29) is 21.8 Å². The van der Waals surface area contributed by atoms with Gasteiger partial charge in [-0.2, -0.15) is 0 Å². The fourth-order valence-corrected chi connectivity index (χ4v) is 5.16. The minimum absolute atomic E-state index is 0.0346. The van der Waals surface area contributed by atoms with Gasteiger partial charge in [0.25, 0.3) is 0 Å². The molecule has 0 spiro atoms. The summed E-state index contributed by atoms with van der Waals surface area (Å²) in [5.74, 6) is -0.476. The normalized spacial score (nSPS) is 14.7. The minimum Gasteiger partial charge on any atom is -0.438 e. The molecular formula is C26H28N2O4S. The van der Waals surface area contributed by atoms with Crippen LogP contribution in [-0.2, 0) is 15.3 Å². The summed E-state index contributed by atoms with van der Waals surface area (Å²) in [6, 6.07) is 13.3. The second-order valence-corrected chi connectivity index (χ2v) is 11.2. The number of nitrogen functional groups attached to an aromatic ring is 1. The highest BCUT2D eigenvalue weighted by atomic mass is 32.2. The first-order valence-corrected chi connectivity index (χ1v) is 12.5. The van der Waals surface area contributed by atoms with Crippen molar-refractivity contribution in [3.63, 3.8) is 0 Å². The van der Waals surface area contributed by atoms with E-state index < -0.39 is 21.4 Å². The number of ketones is 1. The highest BCUT2D eigenvalue weighted by molar-refractivity contribution is 7.92. The van der Waals surface area contributed by atoms with Crippen molar-refractivity contribution in [2.75, 3.05) is 11.5 Å². The van der Waals surface area contributed by atoms with Crippen LogP contribution in [0.4, 0.5) is 5.69 Å². The molecule has 7 heteroatoms. The quantitative estimate of drug-likeness (QED) is 0.386. The van der Waals surface area contributed by atoms with Crippen molar-refractivity contribution in [2.45, 2.75) is 50.8 Å². The van der Waals surface area contributed by atoms with Crippen LogP contribution in [0, 0.1) is 20.8 Å². The van der Waals surface area contributed by atoms with Crippen molar-refractivity contribution in [2.24, 2.45) is 0 Å². The molecule has 1 aliphatic carbocycles. The summed E-state index contributed by atoms with van der Waals surface area (Å²) in [6.45, 7) is 8.01. The van der Waals surface area contributed by atoms with Crippen molar-refractivity contribution < 1.29 is 17.9 Å². The lowest BCUT2D eigenvalue weighted by Gasteiger charge is -2.17. The van der Waals surface area contributed by atoms with Crippen molar-refractivity contribution in [3.05, 3.63) is 76.5 Å². The molecule has 1 heterocycles. The van der Waals surface area contributed by atoms with E-state index in [0.29, 0.717) is 11.4 Å². The Kier molecular flexibility index (Phi) is 5.78. The van der Waals surface area contributed by atoms with Gasteiger partial charge in [0.05, 0.1) is 16.2 Å². The SMILES string of the molecule is Cc1cc(C)c(Oc2nc(C3(C)CC3)ccc2C(=O)CS(=O)(=O)c2ccc(N)cc2)c(C)c1. The molecule has 0 unspecified atom stereocenters. The van der Waals surface area contributed by atoms with E-state index >= 15 is 0 Å². The standard InChI is InChI=1S/C26H28N2O4S/c1-16-13-17(2)24(18(3)14-16)32-25-21(9-10-23(28-25)26(4)11-12-26)22(29)15-33(30,31)20-7-5-19(27)6-8-20/h5-10,13-14H,11-12,15,27H2,1-4H3. The largest absolute Gasteiger partial charge is 0.438 e. The Hall–Kier alpha value is -3.19. The molecule has 2 N–H and O–H groups in total. The lowest BCUT2D eigenvalue weighted by Crippen LogP contribution is -2.18. The van der Waals surface area contributed by atoms with Crippen LogP contribution in [0.3, 0.4) is 0 Å². The average Bonchev–Trinajstić information content (AvgIpc) is 3.49. The van der Waals surface area contributed by atoms with E-state index in [1.165, 1.54) is 24.3 Å². The van der Waals surface area contributed by atoms with Gasteiger partial charge in [0.15, 0.2) is 15.6 Å². The lowest BCUT2D eigenvalue weighted by atomic mass is 10.0. The van der Waals surface area contributed by atoms with Gasteiger partial charge in [0.1, 0.15) is 11.5 Å². The molecular weight excluding hydrogens is 436 g/mol. The van der Waals surface area contributed by atoms with Gasteiger partial charge in [-0.1, -0.05) is 24.6 Å². The van der Waals surface area contributed by atoms with Crippen molar-refractivity contribution in [1.82, 2.24) is 4.98 Å². The van der Waals surface area contributed by atoms with Gasteiger partial charge in [0, 0.05) is 11.1 Å². The molecule has 1 aromatic heterocycles. The molecule has 2 aromatic carbocycles. The summed E-state index contributed by atoms with van der Waals surface area (Å²) in [5.41, 5.74) is 10.0. The topological polar surface area (TPSA) is 99.3 Å². The zero-order chi connectivity index (χ0) is 24.0. The molecule has 0 atom stereocenters. The number of aryl methyl sites for hydroxylation is 3. The van der Waals surface area contributed by atoms with Gasteiger partial charge in [-0.3, -0.25) is 4.79 Å². The molecule has 6 nitrogen and oxygen atoms in total. The predicted octanol–water partition coefficient (Wildman–Crippen LogP) is 5.09. The Morgan fingerprint density at radius 3 is 2.21 bits per heavy atom. The number of ether oxygens (including phenoxy) is 1. The number of carbonyl (C=O) groups is 1. The van der Waals surface area contributed by atoms with Crippen LogP contribution in [0.25, 0.3) is 0 Å². The molecule has 3 aromatic rings. The highest BCUT2D eigenvalue weighted by Gasteiger charge is 2.41. The summed E-state index contributed by atoms with van der Waals surface area (Å²) in [4.78, 5) is 17.9. The van der Waals surface area contributed by atoms with Gasteiger partial charge in [0.2, 0.25) is 5.88 Å². The molecule has 4 rings (SSSR count). The summed E-state index contributed by atoms with van der Waals surface area (Å²) in [5, 5.41) is 0. The second kappa shape index (κ2) is 8.30. The number of hydrogen-bond acceptors (Lipinski definition) is 6. The maximum absolute atomic E-state index is 13.2. The van der Waals surface area contributed by atoms with Crippen molar-refractivity contribution >= 4 is 21.3 Å². The smallest absolute Gasteiger partial charge is 0.230 e. The summed E-state index contributed by atoms with van der Waals surface area (Å²) >= 11 is 0. The van der Waals surface area contributed by atoms with Gasteiger partial charge in [-0.25, -0.2) is 13.4 Å². The molecule has 0 amide bonds. The lowest BCUT2D eigenvalue weighted by molar-refractivity contribution is 0.101. The van der Waals surface area contributed by atoms with E-state index in [1.54, 1.807) is 12.1 Å². The van der Waals surface area contributed by atoms with Gasteiger partial charge >= 0.3 is 0 Å². The summed E-state index contributed by atoms with van der Waals surface area (Å²) in [6.07, 6.45) is 2.03. The first-order valence-electron chi connectivity index (χ1n) is 10.9. The van der Waals surface area contributed by atoms with Crippen molar-refractivity contribution in [1.29, 1.82) is 0 Å². The minimum atomic E-state index is -3.85. The average molecular weight is 465 g/mol. The van der Waals surface area contributed by atoms with E-state index in [0.717, 1.165) is 35.2 Å². The molecule has 172 valence electrons. The second-order valence-electron chi connectivity index (χ2n) is 9.19. The number of carbonyl (C=O) groups excluding carboxylic acids is 1. The number of anilines is 1. The van der Waals surface area contributed by atoms with Crippen LogP contribution in [0.5, 0.6) is 11.6 Å². The maximum Gasteiger partial charge on any atom is 0.230 e. The van der Waals surface area contributed by atoms with Crippen LogP contribution in [-0.4, -0.2) is 24.9 Å². The number of hydrogen-bond donors (Lipinski definition) is 1. The molecule has 0 bridgehead atoms. The molecule has 33 heavy (non-hydrogen) atoms. The fraction of sp³-hybridized carbons (Fsp3) is 0.308. The van der Waals surface area contributed by atoms with Gasteiger partial charge in [-0.15, -0.1) is 0 Å². The third-order valence-electron chi connectivity index (χ3n) is 6.14. The Labute approximate surface area is 194 Å². The van der Waals surface area contributed by atoms with Gasteiger partial charge in [-0.05, 0) is 81.1 Å². The first kappa shape index (κ1) is 23.0. The Balaban J connectivity index is 1.72. The van der Waals surface area contributed by atoms with Crippen LogP contribution in [0.2, 0.25) is 0 Å². The molecule has 1 aliphatic rings. The van der Waals surface area contributed by atoms with Crippen molar-refractivity contribution in [3.8, 4) is 11.6 Å². The number of aromatic nitrogens is 1. The zero-order valence-corrected chi connectivity index (χ0v) is 20.1.